The van der Waals surface area contributed by atoms with Crippen molar-refractivity contribution in [3.05, 3.63) is 17.7 Å². The number of nitrogens with one attached hydrogen (secondary N) is 1. The molecule has 6 heteroatoms. The second-order valence-corrected chi connectivity index (χ2v) is 5.64. The third kappa shape index (κ3) is 3.37. The van der Waals surface area contributed by atoms with E-state index >= 15 is 0 Å². The first-order chi connectivity index (χ1) is 9.49. The van der Waals surface area contributed by atoms with Gasteiger partial charge in [0, 0.05) is 30.7 Å². The zero-order valence-electron chi connectivity index (χ0n) is 12.2. The lowest BCUT2D eigenvalue weighted by Crippen LogP contribution is -2.45. The maximum atomic E-state index is 12.1. The number of carbonyl (C=O) groups excluding carboxylic acids is 1. The lowest BCUT2D eigenvalue weighted by atomic mass is 9.84. The van der Waals surface area contributed by atoms with Gasteiger partial charge in [0.1, 0.15) is 0 Å². The minimum Gasteiger partial charge on any atom is -0.392 e. The number of nitrogens with zero attached hydrogens (tertiary/aromatic N) is 2. The molecule has 0 aromatic carbocycles. The van der Waals surface area contributed by atoms with Gasteiger partial charge in [-0.3, -0.25) is 4.79 Å². The van der Waals surface area contributed by atoms with Crippen molar-refractivity contribution in [1.82, 2.24) is 14.9 Å². The first kappa shape index (κ1) is 15.0. The molecule has 1 saturated carbocycles. The smallest absolute Gasteiger partial charge is 0.223 e. The van der Waals surface area contributed by atoms with Gasteiger partial charge in [-0.25, -0.2) is 4.98 Å². The molecule has 6 nitrogen and oxygen atoms in total. The van der Waals surface area contributed by atoms with Crippen molar-refractivity contribution in [3.8, 4) is 0 Å². The molecule has 0 aliphatic heterocycles. The first-order valence-corrected chi connectivity index (χ1v) is 7.18. The lowest BCUT2D eigenvalue weighted by molar-refractivity contribution is -0.126. The molecule has 112 valence electrons. The molecule has 0 radical (unpaired) electrons. The summed E-state index contributed by atoms with van der Waals surface area (Å²) in [5, 5.41) is 12.5. The summed E-state index contributed by atoms with van der Waals surface area (Å²) in [4.78, 5) is 16.3. The topological polar surface area (TPSA) is 93.2 Å². The number of rotatable bonds is 4. The Hall–Kier alpha value is -1.40. The Balaban J connectivity index is 1.77. The Kier molecular flexibility index (Phi) is 4.77. The van der Waals surface area contributed by atoms with Gasteiger partial charge in [0.15, 0.2) is 0 Å². The number of hydrogen-bond donors (Lipinski definition) is 3. The summed E-state index contributed by atoms with van der Waals surface area (Å²) in [5.74, 6) is -0.0270. The van der Waals surface area contributed by atoms with Crippen molar-refractivity contribution in [3.63, 3.8) is 0 Å². The van der Waals surface area contributed by atoms with E-state index in [1.165, 1.54) is 0 Å². The quantitative estimate of drug-likeness (QED) is 0.729. The number of aliphatic hydroxyl groups excluding tert-OH is 1. The molecule has 1 aromatic rings. The highest BCUT2D eigenvalue weighted by Crippen LogP contribution is 2.23. The molecule has 0 bridgehead atoms. The number of hydrogen-bond acceptors (Lipinski definition) is 4. The van der Waals surface area contributed by atoms with Crippen LogP contribution < -0.4 is 11.1 Å². The van der Waals surface area contributed by atoms with E-state index in [1.54, 1.807) is 6.33 Å². The fraction of sp³-hybridized carbons (Fsp3) is 0.714. The predicted octanol–water partition coefficient (Wildman–Crippen LogP) is 0.104. The van der Waals surface area contributed by atoms with E-state index in [1.807, 2.05) is 18.4 Å². The molecule has 1 aliphatic rings. The predicted molar refractivity (Wildman–Crippen MR) is 76.0 cm³/mol. The molecule has 2 rings (SSSR count). The minimum absolute atomic E-state index is 0.0434. The number of amides is 1. The largest absolute Gasteiger partial charge is 0.392 e. The van der Waals surface area contributed by atoms with Gasteiger partial charge < -0.3 is 20.7 Å². The van der Waals surface area contributed by atoms with Gasteiger partial charge in [-0.1, -0.05) is 0 Å². The number of carbonyl (C=O) groups is 1. The van der Waals surface area contributed by atoms with Crippen molar-refractivity contribution < 1.29 is 9.90 Å². The van der Waals surface area contributed by atoms with Gasteiger partial charge in [0.2, 0.25) is 5.91 Å². The van der Waals surface area contributed by atoms with Crippen LogP contribution in [-0.4, -0.2) is 39.3 Å². The lowest BCUT2D eigenvalue weighted by Gasteiger charge is -2.30. The van der Waals surface area contributed by atoms with Crippen molar-refractivity contribution in [2.75, 3.05) is 6.54 Å². The Bertz CT molecular complexity index is 472. The van der Waals surface area contributed by atoms with E-state index < -0.39 is 6.10 Å². The molecular formula is C14H24N4O2. The van der Waals surface area contributed by atoms with Crippen LogP contribution in [0.4, 0.5) is 0 Å². The SMILES string of the molecule is Cc1ncn(CCNC(=O)[C@H]2CC[C@@H](O)[C@H](N)C2)c1C. The average molecular weight is 280 g/mol. The second-order valence-electron chi connectivity index (χ2n) is 5.64. The van der Waals surface area contributed by atoms with Gasteiger partial charge in [0.05, 0.1) is 18.1 Å². The molecule has 0 unspecified atom stereocenters. The summed E-state index contributed by atoms with van der Waals surface area (Å²) < 4.78 is 2.03. The van der Waals surface area contributed by atoms with Crippen molar-refractivity contribution in [2.45, 2.75) is 51.8 Å². The van der Waals surface area contributed by atoms with Crippen LogP contribution in [0.2, 0.25) is 0 Å². The third-order valence-corrected chi connectivity index (χ3v) is 4.23. The molecule has 0 saturated heterocycles. The molecule has 1 aliphatic carbocycles. The summed E-state index contributed by atoms with van der Waals surface area (Å²) in [6.45, 7) is 5.30. The molecule has 1 amide bonds. The number of imidazole rings is 1. The van der Waals surface area contributed by atoms with Gasteiger partial charge in [-0.15, -0.1) is 0 Å². The molecule has 4 N–H and O–H groups in total. The second kappa shape index (κ2) is 6.37. The van der Waals surface area contributed by atoms with Crippen LogP contribution in [-0.2, 0) is 11.3 Å². The summed E-state index contributed by atoms with van der Waals surface area (Å²) in [7, 11) is 0. The molecule has 1 fully saturated rings. The maximum absolute atomic E-state index is 12.1. The summed E-state index contributed by atoms with van der Waals surface area (Å²) >= 11 is 0. The zero-order chi connectivity index (χ0) is 14.7. The Morgan fingerprint density at radius 1 is 1.55 bits per heavy atom. The minimum atomic E-state index is -0.462. The van der Waals surface area contributed by atoms with E-state index in [-0.39, 0.29) is 17.9 Å². The molecular weight excluding hydrogens is 256 g/mol. The van der Waals surface area contributed by atoms with Crippen LogP contribution in [0.3, 0.4) is 0 Å². The summed E-state index contributed by atoms with van der Waals surface area (Å²) in [6.07, 6.45) is 3.22. The van der Waals surface area contributed by atoms with Gasteiger partial charge in [0.25, 0.3) is 0 Å². The van der Waals surface area contributed by atoms with E-state index in [9.17, 15) is 9.90 Å². The van der Waals surface area contributed by atoms with Crippen LogP contribution in [0.5, 0.6) is 0 Å². The molecule has 1 aromatic heterocycles. The first-order valence-electron chi connectivity index (χ1n) is 7.18. The highest BCUT2D eigenvalue weighted by molar-refractivity contribution is 5.78. The summed E-state index contributed by atoms with van der Waals surface area (Å²) in [6, 6.07) is -0.280. The van der Waals surface area contributed by atoms with E-state index in [0.717, 1.165) is 17.9 Å². The van der Waals surface area contributed by atoms with Gasteiger partial charge in [-0.05, 0) is 33.1 Å². The van der Waals surface area contributed by atoms with E-state index in [0.29, 0.717) is 25.8 Å². The van der Waals surface area contributed by atoms with Crippen LogP contribution in [0.15, 0.2) is 6.33 Å². The zero-order valence-corrected chi connectivity index (χ0v) is 12.2. The molecule has 0 spiro atoms. The Morgan fingerprint density at radius 2 is 2.30 bits per heavy atom. The fourth-order valence-electron chi connectivity index (χ4n) is 2.64. The molecule has 1 heterocycles. The van der Waals surface area contributed by atoms with Gasteiger partial charge in [-0.2, -0.15) is 0 Å². The molecule has 20 heavy (non-hydrogen) atoms. The van der Waals surface area contributed by atoms with Crippen molar-refractivity contribution >= 4 is 5.91 Å². The number of nitrogens with two attached hydrogens (primary N) is 1. The normalized spacial score (nSPS) is 26.5. The monoisotopic (exact) mass is 280 g/mol. The van der Waals surface area contributed by atoms with E-state index in [4.69, 9.17) is 5.73 Å². The fourth-order valence-corrected chi connectivity index (χ4v) is 2.64. The van der Waals surface area contributed by atoms with Gasteiger partial charge >= 0.3 is 0 Å². The average Bonchev–Trinajstić information content (AvgIpc) is 2.73. The Morgan fingerprint density at radius 3 is 2.90 bits per heavy atom. The number of aryl methyl sites for hydroxylation is 1. The van der Waals surface area contributed by atoms with E-state index in [2.05, 4.69) is 10.3 Å². The highest BCUT2D eigenvalue weighted by Gasteiger charge is 2.30. The summed E-state index contributed by atoms with van der Waals surface area (Å²) in [5.41, 5.74) is 7.95. The standard InChI is InChI=1S/C14H24N4O2/c1-9-10(2)18(8-17-9)6-5-16-14(20)11-3-4-13(19)12(15)7-11/h8,11-13,19H,3-7,15H2,1-2H3,(H,16,20)/t11-,12+,13+/m0/s1. The van der Waals surface area contributed by atoms with Crippen LogP contribution in [0.1, 0.15) is 30.7 Å². The van der Waals surface area contributed by atoms with Crippen molar-refractivity contribution in [1.29, 1.82) is 0 Å². The Labute approximate surface area is 119 Å². The van der Waals surface area contributed by atoms with Crippen LogP contribution in [0, 0.1) is 19.8 Å². The maximum Gasteiger partial charge on any atom is 0.223 e. The van der Waals surface area contributed by atoms with Crippen LogP contribution in [0.25, 0.3) is 0 Å². The van der Waals surface area contributed by atoms with Crippen molar-refractivity contribution in [2.24, 2.45) is 11.7 Å². The third-order valence-electron chi connectivity index (χ3n) is 4.23. The van der Waals surface area contributed by atoms with Crippen LogP contribution >= 0.6 is 0 Å². The number of aromatic nitrogens is 2. The molecule has 3 atom stereocenters. The number of aliphatic hydroxyl groups is 1. The highest BCUT2D eigenvalue weighted by atomic mass is 16.3.